The number of thiophene rings is 1. The maximum Gasteiger partial charge on any atom is 0.313 e. The van der Waals surface area contributed by atoms with Crippen molar-refractivity contribution < 1.29 is 14.3 Å². The lowest BCUT2D eigenvalue weighted by Crippen LogP contribution is -2.40. The molecule has 0 aliphatic heterocycles. The number of amides is 1. The van der Waals surface area contributed by atoms with E-state index in [9.17, 15) is 9.59 Å². The molecule has 0 aliphatic carbocycles. The van der Waals surface area contributed by atoms with Crippen molar-refractivity contribution in [2.75, 3.05) is 19.4 Å². The van der Waals surface area contributed by atoms with Crippen molar-refractivity contribution in [1.82, 2.24) is 5.32 Å². The molecular formula is C13H19NO3S2. The number of ether oxygens (including phenoxy) is 1. The molecule has 0 spiro atoms. The number of thioether (sulfide) groups is 1. The van der Waals surface area contributed by atoms with Crippen molar-refractivity contribution in [3.8, 4) is 0 Å². The fourth-order valence-electron chi connectivity index (χ4n) is 1.36. The summed E-state index contributed by atoms with van der Waals surface area (Å²) < 4.78 is 4.68. The van der Waals surface area contributed by atoms with Gasteiger partial charge in [0.1, 0.15) is 0 Å². The van der Waals surface area contributed by atoms with E-state index in [1.54, 1.807) is 36.9 Å². The van der Waals surface area contributed by atoms with Crippen LogP contribution in [0.15, 0.2) is 17.5 Å². The van der Waals surface area contributed by atoms with Gasteiger partial charge in [-0.15, -0.1) is 23.1 Å². The molecule has 0 radical (unpaired) electrons. The van der Waals surface area contributed by atoms with Crippen LogP contribution in [0.25, 0.3) is 0 Å². The van der Waals surface area contributed by atoms with Crippen LogP contribution in [0.3, 0.4) is 0 Å². The molecule has 1 aromatic heterocycles. The molecule has 19 heavy (non-hydrogen) atoms. The van der Waals surface area contributed by atoms with E-state index in [0.717, 1.165) is 5.75 Å². The third kappa shape index (κ3) is 5.65. The van der Waals surface area contributed by atoms with Crippen molar-refractivity contribution in [3.05, 3.63) is 22.4 Å². The van der Waals surface area contributed by atoms with E-state index in [1.807, 2.05) is 11.4 Å². The summed E-state index contributed by atoms with van der Waals surface area (Å²) in [6.07, 6.45) is 0. The first-order chi connectivity index (χ1) is 8.95. The smallest absolute Gasteiger partial charge is 0.313 e. The largest absolute Gasteiger partial charge is 0.469 e. The predicted molar refractivity (Wildman–Crippen MR) is 79.3 cm³/mol. The van der Waals surface area contributed by atoms with Gasteiger partial charge in [-0.1, -0.05) is 6.07 Å². The lowest BCUT2D eigenvalue weighted by atomic mass is 9.94. The highest BCUT2D eigenvalue weighted by atomic mass is 32.2. The fraction of sp³-hybridized carbons (Fsp3) is 0.538. The SMILES string of the molecule is COC(=O)C(C)(C)CNC(=O)CSCc1cccs1. The summed E-state index contributed by atoms with van der Waals surface area (Å²) in [5, 5.41) is 4.78. The van der Waals surface area contributed by atoms with E-state index >= 15 is 0 Å². The average Bonchev–Trinajstić information content (AvgIpc) is 2.88. The van der Waals surface area contributed by atoms with Gasteiger partial charge in [0.05, 0.1) is 18.3 Å². The van der Waals surface area contributed by atoms with Crippen LogP contribution in [0.5, 0.6) is 0 Å². The maximum absolute atomic E-state index is 11.6. The average molecular weight is 301 g/mol. The molecule has 0 atom stereocenters. The van der Waals surface area contributed by atoms with Crippen molar-refractivity contribution in [2.24, 2.45) is 5.41 Å². The monoisotopic (exact) mass is 301 g/mol. The second-order valence-electron chi connectivity index (χ2n) is 4.72. The number of carbonyl (C=O) groups is 2. The molecule has 0 bridgehead atoms. The molecule has 1 rings (SSSR count). The van der Waals surface area contributed by atoms with Crippen molar-refractivity contribution in [1.29, 1.82) is 0 Å². The summed E-state index contributed by atoms with van der Waals surface area (Å²) in [4.78, 5) is 24.3. The van der Waals surface area contributed by atoms with Crippen molar-refractivity contribution in [3.63, 3.8) is 0 Å². The van der Waals surface area contributed by atoms with Gasteiger partial charge in [-0.25, -0.2) is 0 Å². The zero-order valence-electron chi connectivity index (χ0n) is 11.4. The second kappa shape index (κ2) is 7.55. The van der Waals surface area contributed by atoms with Crippen LogP contribution in [0, 0.1) is 5.41 Å². The molecule has 0 saturated heterocycles. The normalized spacial score (nSPS) is 11.1. The number of nitrogens with one attached hydrogen (secondary N) is 1. The minimum absolute atomic E-state index is 0.0569. The Morgan fingerprint density at radius 3 is 2.79 bits per heavy atom. The lowest BCUT2D eigenvalue weighted by molar-refractivity contribution is -0.150. The molecule has 0 saturated carbocycles. The van der Waals surface area contributed by atoms with E-state index in [4.69, 9.17) is 0 Å². The summed E-state index contributed by atoms with van der Waals surface area (Å²) in [6, 6.07) is 4.05. The zero-order chi connectivity index (χ0) is 14.3. The third-order valence-corrected chi connectivity index (χ3v) is 4.56. The summed E-state index contributed by atoms with van der Waals surface area (Å²) in [5.74, 6) is 0.859. The highest BCUT2D eigenvalue weighted by Crippen LogP contribution is 2.17. The van der Waals surface area contributed by atoms with Crippen LogP contribution in [-0.2, 0) is 20.1 Å². The molecular weight excluding hydrogens is 282 g/mol. The Morgan fingerprint density at radius 1 is 1.47 bits per heavy atom. The van der Waals surface area contributed by atoms with Gasteiger partial charge in [0, 0.05) is 17.2 Å². The van der Waals surface area contributed by atoms with Crippen LogP contribution < -0.4 is 5.32 Å². The van der Waals surface area contributed by atoms with Crippen LogP contribution in [-0.4, -0.2) is 31.3 Å². The highest BCUT2D eigenvalue weighted by Gasteiger charge is 2.28. The molecule has 0 unspecified atom stereocenters. The van der Waals surface area contributed by atoms with E-state index in [1.165, 1.54) is 12.0 Å². The Labute approximate surface area is 121 Å². The number of hydrogen-bond acceptors (Lipinski definition) is 5. The van der Waals surface area contributed by atoms with Crippen LogP contribution in [0.2, 0.25) is 0 Å². The van der Waals surface area contributed by atoms with E-state index in [-0.39, 0.29) is 18.4 Å². The topological polar surface area (TPSA) is 55.4 Å². The standard InChI is InChI=1S/C13H19NO3S2/c1-13(2,12(16)17-3)9-14-11(15)8-18-7-10-5-4-6-19-10/h4-6H,7-9H2,1-3H3,(H,14,15). The zero-order valence-corrected chi connectivity index (χ0v) is 13.0. The Bertz CT molecular complexity index is 416. The molecule has 6 heteroatoms. The summed E-state index contributed by atoms with van der Waals surface area (Å²) >= 11 is 3.25. The quantitative estimate of drug-likeness (QED) is 0.785. The summed E-state index contributed by atoms with van der Waals surface area (Å²) in [6.45, 7) is 3.79. The number of methoxy groups -OCH3 is 1. The molecule has 106 valence electrons. The van der Waals surface area contributed by atoms with Crippen LogP contribution in [0.4, 0.5) is 0 Å². The first kappa shape index (κ1) is 16.0. The minimum atomic E-state index is -0.692. The fourth-order valence-corrected chi connectivity index (χ4v) is 3.06. The van der Waals surface area contributed by atoms with Gasteiger partial charge in [-0.2, -0.15) is 0 Å². The van der Waals surface area contributed by atoms with E-state index in [2.05, 4.69) is 16.1 Å². The molecule has 0 aliphatic rings. The summed E-state index contributed by atoms with van der Waals surface area (Å²) in [5.41, 5.74) is -0.692. The van der Waals surface area contributed by atoms with Crippen molar-refractivity contribution >= 4 is 35.0 Å². The van der Waals surface area contributed by atoms with Gasteiger partial charge in [0.15, 0.2) is 0 Å². The first-order valence-corrected chi connectivity index (χ1v) is 7.94. The number of rotatable bonds is 7. The summed E-state index contributed by atoms with van der Waals surface area (Å²) in [7, 11) is 1.35. The number of carbonyl (C=O) groups excluding carboxylic acids is 2. The second-order valence-corrected chi connectivity index (χ2v) is 6.74. The van der Waals surface area contributed by atoms with Gasteiger partial charge in [-0.05, 0) is 25.3 Å². The van der Waals surface area contributed by atoms with Gasteiger partial charge >= 0.3 is 5.97 Å². The first-order valence-electron chi connectivity index (χ1n) is 5.91. The van der Waals surface area contributed by atoms with E-state index in [0.29, 0.717) is 5.75 Å². The molecule has 1 aromatic rings. The Balaban J connectivity index is 2.22. The minimum Gasteiger partial charge on any atom is -0.469 e. The van der Waals surface area contributed by atoms with Crippen LogP contribution >= 0.6 is 23.1 Å². The Morgan fingerprint density at radius 2 is 2.21 bits per heavy atom. The van der Waals surface area contributed by atoms with Gasteiger partial charge in [0.2, 0.25) is 5.91 Å². The molecule has 1 N–H and O–H groups in total. The van der Waals surface area contributed by atoms with E-state index < -0.39 is 5.41 Å². The molecule has 1 amide bonds. The molecule has 1 heterocycles. The molecule has 4 nitrogen and oxygen atoms in total. The van der Waals surface area contributed by atoms with Gasteiger partial charge < -0.3 is 10.1 Å². The number of esters is 1. The third-order valence-electron chi connectivity index (χ3n) is 2.52. The van der Waals surface area contributed by atoms with Gasteiger partial charge in [0.25, 0.3) is 0 Å². The van der Waals surface area contributed by atoms with Crippen LogP contribution in [0.1, 0.15) is 18.7 Å². The highest BCUT2D eigenvalue weighted by molar-refractivity contribution is 7.99. The lowest BCUT2D eigenvalue weighted by Gasteiger charge is -2.21. The molecule has 0 aromatic carbocycles. The molecule has 0 fully saturated rings. The van der Waals surface area contributed by atoms with Crippen molar-refractivity contribution in [2.45, 2.75) is 19.6 Å². The predicted octanol–water partition coefficient (Wildman–Crippen LogP) is 2.30. The van der Waals surface area contributed by atoms with Gasteiger partial charge in [-0.3, -0.25) is 9.59 Å². The number of hydrogen-bond donors (Lipinski definition) is 1. The Kier molecular flexibility index (Phi) is 6.37. The Hall–Kier alpha value is -1.01. The maximum atomic E-state index is 11.6.